The summed E-state index contributed by atoms with van der Waals surface area (Å²) in [4.78, 5) is 46.9. The van der Waals surface area contributed by atoms with E-state index in [-0.39, 0.29) is 174 Å². The molecule has 3 aromatic carbocycles. The quantitative estimate of drug-likeness (QED) is 0.114. The Morgan fingerprint density at radius 2 is 1.02 bits per heavy atom. The minimum Gasteiger partial charge on any atom is -0.549 e. The van der Waals surface area contributed by atoms with E-state index >= 15 is 0 Å². The summed E-state index contributed by atoms with van der Waals surface area (Å²) in [5.41, 5.74) is -1.39. The van der Waals surface area contributed by atoms with Gasteiger partial charge in [-0.05, 0) is 66.4 Å². The molecular formula is C31H28N2Na4O13S. The van der Waals surface area contributed by atoms with Crippen LogP contribution in [0.1, 0.15) is 38.9 Å². The Balaban J connectivity index is 0.00000625. The number of fused-ring (bicyclic) bond motifs is 1. The average Bonchev–Trinajstić information content (AvgIpc) is 3.20. The number of hydrogen-bond donors (Lipinski definition) is 2. The van der Waals surface area contributed by atoms with Gasteiger partial charge in [0.2, 0.25) is 0 Å². The fourth-order valence-electron chi connectivity index (χ4n) is 5.70. The number of carbonyl (C=O) groups excluding carboxylic acids is 4. The van der Waals surface area contributed by atoms with E-state index in [9.17, 15) is 58.2 Å². The normalized spacial score (nSPS) is 13.5. The molecule has 1 heterocycles. The molecule has 4 rings (SSSR count). The van der Waals surface area contributed by atoms with Gasteiger partial charge in [0.05, 0.1) is 23.9 Å². The molecule has 1 aliphatic rings. The molecule has 0 unspecified atom stereocenters. The first-order valence-electron chi connectivity index (χ1n) is 13.9. The van der Waals surface area contributed by atoms with Crippen molar-refractivity contribution in [1.82, 2.24) is 9.80 Å². The number of phenols is 2. The summed E-state index contributed by atoms with van der Waals surface area (Å²) in [5.74, 6) is -7.11. The van der Waals surface area contributed by atoms with E-state index in [1.807, 2.05) is 0 Å². The van der Waals surface area contributed by atoms with Crippen LogP contribution in [-0.2, 0) is 52.2 Å². The van der Waals surface area contributed by atoms with Crippen LogP contribution in [0.15, 0.2) is 53.4 Å². The van der Waals surface area contributed by atoms with Gasteiger partial charge in [0.15, 0.2) is 5.60 Å². The Morgan fingerprint density at radius 1 is 0.667 bits per heavy atom. The largest absolute Gasteiger partial charge is 1.00 e. The van der Waals surface area contributed by atoms with Gasteiger partial charge in [0, 0.05) is 56.0 Å². The summed E-state index contributed by atoms with van der Waals surface area (Å²) in [6, 6.07) is 11.3. The number of aromatic hydroxyl groups is 2. The number of carboxylic acid groups (broad SMARTS) is 4. The molecule has 0 saturated carbocycles. The Morgan fingerprint density at radius 3 is 1.37 bits per heavy atom. The molecule has 15 nitrogen and oxygen atoms in total. The van der Waals surface area contributed by atoms with Crippen LogP contribution < -0.4 is 139 Å². The van der Waals surface area contributed by atoms with Gasteiger partial charge in [-0.2, -0.15) is 8.42 Å². The maximum absolute atomic E-state index is 13.5. The zero-order valence-corrected chi connectivity index (χ0v) is 37.9. The molecule has 51 heavy (non-hydrogen) atoms. The molecule has 0 fully saturated rings. The predicted octanol–water partition coefficient (Wildman–Crippen LogP) is -15.7. The average molecular weight is 761 g/mol. The van der Waals surface area contributed by atoms with Crippen LogP contribution in [0.25, 0.3) is 0 Å². The molecule has 1 aliphatic heterocycles. The summed E-state index contributed by atoms with van der Waals surface area (Å²) in [5, 5.41) is 67.2. The van der Waals surface area contributed by atoms with Gasteiger partial charge in [0.25, 0.3) is 10.1 Å². The maximum Gasteiger partial charge on any atom is 1.00 e. The number of carbonyl (C=O) groups is 4. The summed E-state index contributed by atoms with van der Waals surface area (Å²) in [6.45, 7) is -1.33. The molecule has 2 N–H and O–H groups in total. The Kier molecular flexibility index (Phi) is 20.2. The maximum atomic E-state index is 13.5. The number of aryl methyl sites for hydroxylation is 2. The first kappa shape index (κ1) is 50.0. The first-order chi connectivity index (χ1) is 21.9. The fraction of sp³-hybridized carbons (Fsp3) is 0.290. The Hall–Kier alpha value is -1.03. The third-order valence-corrected chi connectivity index (χ3v) is 8.91. The number of benzene rings is 3. The van der Waals surface area contributed by atoms with E-state index in [1.54, 1.807) is 6.07 Å². The van der Waals surface area contributed by atoms with Crippen molar-refractivity contribution in [2.24, 2.45) is 0 Å². The molecule has 250 valence electrons. The molecule has 0 aromatic heterocycles. The Labute approximate surface area is 382 Å². The van der Waals surface area contributed by atoms with Crippen molar-refractivity contribution in [3.05, 3.63) is 87.5 Å². The molecule has 0 saturated heterocycles. The van der Waals surface area contributed by atoms with Gasteiger partial charge in [0.1, 0.15) is 16.4 Å². The van der Waals surface area contributed by atoms with Crippen molar-refractivity contribution >= 4 is 34.0 Å². The van der Waals surface area contributed by atoms with Crippen LogP contribution in [-0.4, -0.2) is 78.5 Å². The second-order valence-electron chi connectivity index (χ2n) is 11.1. The number of phenolic OH excluding ortho intramolecular Hbond substituents is 2. The van der Waals surface area contributed by atoms with E-state index in [0.717, 1.165) is 9.80 Å². The zero-order valence-electron chi connectivity index (χ0n) is 29.0. The van der Waals surface area contributed by atoms with Crippen LogP contribution in [0.4, 0.5) is 0 Å². The molecule has 0 spiro atoms. The molecule has 0 atom stereocenters. The summed E-state index contributed by atoms with van der Waals surface area (Å²) < 4.78 is 32.9. The van der Waals surface area contributed by atoms with Crippen molar-refractivity contribution < 1.29 is 181 Å². The number of carboxylic acids is 4. The first-order valence-corrected chi connectivity index (χ1v) is 15.3. The van der Waals surface area contributed by atoms with E-state index in [2.05, 4.69) is 0 Å². The second-order valence-corrected chi connectivity index (χ2v) is 12.6. The van der Waals surface area contributed by atoms with Gasteiger partial charge >= 0.3 is 118 Å². The van der Waals surface area contributed by atoms with Crippen LogP contribution in [0.3, 0.4) is 0 Å². The monoisotopic (exact) mass is 760 g/mol. The van der Waals surface area contributed by atoms with E-state index in [4.69, 9.17) is 4.18 Å². The summed E-state index contributed by atoms with van der Waals surface area (Å²) in [6.07, 6.45) is 0. The van der Waals surface area contributed by atoms with Crippen molar-refractivity contribution in [2.75, 3.05) is 26.2 Å². The van der Waals surface area contributed by atoms with Gasteiger partial charge in [-0.25, -0.2) is 4.18 Å². The number of aliphatic carboxylic acids is 4. The smallest absolute Gasteiger partial charge is 0.549 e. The summed E-state index contributed by atoms with van der Waals surface area (Å²) >= 11 is 0. The minimum atomic E-state index is -4.48. The van der Waals surface area contributed by atoms with E-state index in [0.29, 0.717) is 0 Å². The third kappa shape index (κ3) is 11.7. The zero-order chi connectivity index (χ0) is 34.8. The number of hydrogen-bond acceptors (Lipinski definition) is 15. The number of rotatable bonds is 14. The Bertz CT molecular complexity index is 1770. The van der Waals surface area contributed by atoms with Crippen molar-refractivity contribution in [3.63, 3.8) is 0 Å². The van der Waals surface area contributed by atoms with E-state index in [1.165, 1.54) is 56.3 Å². The van der Waals surface area contributed by atoms with Gasteiger partial charge in [-0.15, -0.1) is 0 Å². The van der Waals surface area contributed by atoms with Crippen LogP contribution in [0.2, 0.25) is 0 Å². The molecule has 0 aliphatic carbocycles. The molecular weight excluding hydrogens is 732 g/mol. The van der Waals surface area contributed by atoms with Gasteiger partial charge in [-0.3, -0.25) is 9.80 Å². The fourth-order valence-corrected chi connectivity index (χ4v) is 7.13. The van der Waals surface area contributed by atoms with Crippen molar-refractivity contribution in [3.8, 4) is 11.5 Å². The standard InChI is InChI=1S/C31H32N2O13S.4Na/c1-17-7-21(9-19(29(17)42)11-32(13-25(34)35)14-26(36)37)31(23-5-3-4-6-24(23)47(44,45)46-31)22-8-18(2)30(43)20(10-22)12-33(15-27(38)39)16-28(40)41;;;;/h3-10,42-43H,11-16H2,1-2H3,(H,34,35)(H,36,37)(H,38,39)(H,40,41);;;;/q;4*+1/p-4. The predicted molar refractivity (Wildman–Crippen MR) is 151 cm³/mol. The van der Waals surface area contributed by atoms with Gasteiger partial charge < -0.3 is 49.8 Å². The van der Waals surface area contributed by atoms with Crippen molar-refractivity contribution in [2.45, 2.75) is 37.4 Å². The molecule has 0 radical (unpaired) electrons. The second kappa shape index (κ2) is 20.6. The van der Waals surface area contributed by atoms with Crippen LogP contribution in [0.5, 0.6) is 11.5 Å². The van der Waals surface area contributed by atoms with Crippen LogP contribution >= 0.6 is 0 Å². The minimum absolute atomic E-state index is 0. The molecule has 20 heteroatoms. The topological polar surface area (TPSA) is 251 Å². The third-order valence-electron chi connectivity index (χ3n) is 7.54. The molecule has 0 bridgehead atoms. The van der Waals surface area contributed by atoms with Crippen LogP contribution in [0, 0.1) is 13.8 Å². The SMILES string of the molecule is Cc1cc(C2(c3cc(C)c(O)c(CN(CC(=O)[O-])CC(=O)[O-])c3)OS(=O)(=O)c3ccccc32)cc(CN(CC(=O)[O-])CC(=O)[O-])c1O.[Na+].[Na+].[Na+].[Na+]. The summed E-state index contributed by atoms with van der Waals surface area (Å²) in [7, 11) is -4.48. The van der Waals surface area contributed by atoms with Crippen molar-refractivity contribution in [1.29, 1.82) is 0 Å². The van der Waals surface area contributed by atoms with Gasteiger partial charge in [-0.1, -0.05) is 18.2 Å². The molecule has 0 amide bonds. The molecule has 3 aromatic rings. The van der Waals surface area contributed by atoms with E-state index < -0.39 is 78.9 Å². The number of nitrogens with zero attached hydrogens (tertiary/aromatic N) is 2.